The Morgan fingerprint density at radius 3 is 2.62 bits per heavy atom. The average Bonchev–Trinajstić information content (AvgIpc) is 3.28. The van der Waals surface area contributed by atoms with Crippen LogP contribution in [0.4, 0.5) is 0 Å². The molecule has 0 atom stereocenters. The van der Waals surface area contributed by atoms with E-state index in [1.54, 1.807) is 18.0 Å². The summed E-state index contributed by atoms with van der Waals surface area (Å²) in [5.74, 6) is 0.724. The smallest absolute Gasteiger partial charge is 0.262 e. The third-order valence-corrected chi connectivity index (χ3v) is 6.51. The molecule has 0 aliphatic rings. The summed E-state index contributed by atoms with van der Waals surface area (Å²) in [5.41, 5.74) is 3.93. The van der Waals surface area contributed by atoms with E-state index in [2.05, 4.69) is 11.6 Å². The minimum atomic E-state index is -0.118. The second kappa shape index (κ2) is 10.5. The standard InChI is InChI=1S/C27H27N3O3S/c1-4-15-33-22-11-7-20(8-12-22)16-29(3)24(31)13-14-30-18-28-26-25(27(30)32)23(17-34-26)21-9-5-19(2)6-10-21/h4-12,17-18H,1,13-16H2,2-3H3. The molecule has 0 saturated carbocycles. The molecule has 0 spiro atoms. The first-order chi connectivity index (χ1) is 16.5. The highest BCUT2D eigenvalue weighted by Gasteiger charge is 2.15. The van der Waals surface area contributed by atoms with Gasteiger partial charge >= 0.3 is 0 Å². The summed E-state index contributed by atoms with van der Waals surface area (Å²) in [5, 5.41) is 2.58. The first kappa shape index (κ1) is 23.4. The van der Waals surface area contributed by atoms with Gasteiger partial charge in [-0.25, -0.2) is 4.98 Å². The second-order valence-electron chi connectivity index (χ2n) is 8.18. The zero-order chi connectivity index (χ0) is 24.1. The zero-order valence-electron chi connectivity index (χ0n) is 19.4. The molecule has 34 heavy (non-hydrogen) atoms. The Labute approximate surface area is 202 Å². The summed E-state index contributed by atoms with van der Waals surface area (Å²) in [6, 6.07) is 15.7. The zero-order valence-corrected chi connectivity index (χ0v) is 20.2. The predicted octanol–water partition coefficient (Wildman–Crippen LogP) is 5.05. The van der Waals surface area contributed by atoms with Crippen LogP contribution in [-0.2, 0) is 17.9 Å². The number of aryl methyl sites for hydroxylation is 2. The molecule has 0 bridgehead atoms. The van der Waals surface area contributed by atoms with Crippen LogP contribution in [-0.4, -0.2) is 34.0 Å². The van der Waals surface area contributed by atoms with E-state index < -0.39 is 0 Å². The van der Waals surface area contributed by atoms with Gasteiger partial charge in [-0.2, -0.15) is 0 Å². The number of hydrogen-bond acceptors (Lipinski definition) is 5. The Morgan fingerprint density at radius 2 is 1.91 bits per heavy atom. The van der Waals surface area contributed by atoms with Crippen molar-refractivity contribution in [1.82, 2.24) is 14.5 Å². The molecule has 2 aromatic heterocycles. The van der Waals surface area contributed by atoms with Crippen LogP contribution in [0.5, 0.6) is 5.75 Å². The summed E-state index contributed by atoms with van der Waals surface area (Å²) >= 11 is 1.46. The minimum Gasteiger partial charge on any atom is -0.490 e. The van der Waals surface area contributed by atoms with E-state index in [0.29, 0.717) is 23.4 Å². The number of carbonyl (C=O) groups excluding carboxylic acids is 1. The number of fused-ring (bicyclic) bond motifs is 1. The molecule has 4 rings (SSSR count). The Hall–Kier alpha value is -3.71. The van der Waals surface area contributed by atoms with Crippen molar-refractivity contribution in [2.75, 3.05) is 13.7 Å². The first-order valence-corrected chi connectivity index (χ1v) is 11.9. The lowest BCUT2D eigenvalue weighted by atomic mass is 10.1. The van der Waals surface area contributed by atoms with Gasteiger partial charge in [0.1, 0.15) is 17.2 Å². The number of amides is 1. The van der Waals surface area contributed by atoms with Gasteiger partial charge in [0.2, 0.25) is 5.91 Å². The number of aromatic nitrogens is 2. The van der Waals surface area contributed by atoms with Gasteiger partial charge in [0.25, 0.3) is 5.56 Å². The number of hydrogen-bond donors (Lipinski definition) is 0. The summed E-state index contributed by atoms with van der Waals surface area (Å²) in [7, 11) is 1.77. The summed E-state index contributed by atoms with van der Waals surface area (Å²) in [6.07, 6.45) is 3.45. The number of ether oxygens (including phenoxy) is 1. The summed E-state index contributed by atoms with van der Waals surface area (Å²) < 4.78 is 7.02. The van der Waals surface area contributed by atoms with Crippen molar-refractivity contribution in [3.63, 3.8) is 0 Å². The topological polar surface area (TPSA) is 64.4 Å². The van der Waals surface area contributed by atoms with Crippen molar-refractivity contribution >= 4 is 27.5 Å². The lowest BCUT2D eigenvalue weighted by Gasteiger charge is -2.18. The number of nitrogens with zero attached hydrogens (tertiary/aromatic N) is 3. The molecule has 0 radical (unpaired) electrons. The molecular formula is C27H27N3O3S. The van der Waals surface area contributed by atoms with Crippen LogP contribution < -0.4 is 10.3 Å². The maximum absolute atomic E-state index is 13.2. The van der Waals surface area contributed by atoms with Gasteiger partial charge < -0.3 is 9.64 Å². The van der Waals surface area contributed by atoms with Gasteiger partial charge in [-0.3, -0.25) is 14.2 Å². The van der Waals surface area contributed by atoms with Gasteiger partial charge in [0, 0.05) is 37.5 Å². The van der Waals surface area contributed by atoms with Crippen LogP contribution in [0.1, 0.15) is 17.5 Å². The summed E-state index contributed by atoms with van der Waals surface area (Å²) in [4.78, 5) is 32.8. The largest absolute Gasteiger partial charge is 0.490 e. The van der Waals surface area contributed by atoms with Crippen molar-refractivity contribution in [2.45, 2.75) is 26.4 Å². The minimum absolute atomic E-state index is 0.0388. The molecule has 2 heterocycles. The van der Waals surface area contributed by atoms with Crippen LogP contribution in [0.2, 0.25) is 0 Å². The third kappa shape index (κ3) is 5.26. The van der Waals surface area contributed by atoms with Gasteiger partial charge in [-0.05, 0) is 30.2 Å². The van der Waals surface area contributed by atoms with E-state index in [9.17, 15) is 9.59 Å². The number of thiophene rings is 1. The average molecular weight is 474 g/mol. The fourth-order valence-electron chi connectivity index (χ4n) is 3.69. The molecule has 4 aromatic rings. The van der Waals surface area contributed by atoms with E-state index >= 15 is 0 Å². The second-order valence-corrected chi connectivity index (χ2v) is 9.04. The van der Waals surface area contributed by atoms with E-state index in [1.165, 1.54) is 27.8 Å². The maximum atomic E-state index is 13.2. The molecule has 0 saturated heterocycles. The predicted molar refractivity (Wildman–Crippen MR) is 137 cm³/mol. The lowest BCUT2D eigenvalue weighted by Crippen LogP contribution is -2.29. The molecule has 0 fully saturated rings. The van der Waals surface area contributed by atoms with Crippen molar-refractivity contribution in [1.29, 1.82) is 0 Å². The number of benzene rings is 2. The Kier molecular flexibility index (Phi) is 7.23. The van der Waals surface area contributed by atoms with Crippen molar-refractivity contribution in [3.05, 3.63) is 94.4 Å². The van der Waals surface area contributed by atoms with Gasteiger partial charge in [0.05, 0.1) is 11.7 Å². The van der Waals surface area contributed by atoms with Crippen LogP contribution in [0, 0.1) is 6.92 Å². The molecular weight excluding hydrogens is 446 g/mol. The monoisotopic (exact) mass is 473 g/mol. The quantitative estimate of drug-likeness (QED) is 0.319. The van der Waals surface area contributed by atoms with Crippen molar-refractivity contribution < 1.29 is 9.53 Å². The molecule has 0 unspecified atom stereocenters. The van der Waals surface area contributed by atoms with E-state index in [-0.39, 0.29) is 24.4 Å². The molecule has 0 aliphatic carbocycles. The first-order valence-electron chi connectivity index (χ1n) is 11.1. The van der Waals surface area contributed by atoms with Gasteiger partial charge in [0.15, 0.2) is 0 Å². The number of carbonyl (C=O) groups is 1. The molecule has 0 aliphatic heterocycles. The van der Waals surface area contributed by atoms with E-state index in [4.69, 9.17) is 4.74 Å². The Bertz CT molecular complexity index is 1350. The molecule has 2 aromatic carbocycles. The van der Waals surface area contributed by atoms with Gasteiger partial charge in [-0.1, -0.05) is 54.6 Å². The summed E-state index contributed by atoms with van der Waals surface area (Å²) in [6.45, 7) is 6.88. The van der Waals surface area contributed by atoms with Crippen LogP contribution in [0.25, 0.3) is 21.3 Å². The molecule has 6 nitrogen and oxygen atoms in total. The number of rotatable bonds is 9. The third-order valence-electron chi connectivity index (χ3n) is 5.63. The highest BCUT2D eigenvalue weighted by Crippen LogP contribution is 2.30. The van der Waals surface area contributed by atoms with Crippen LogP contribution in [0.3, 0.4) is 0 Å². The van der Waals surface area contributed by atoms with Gasteiger partial charge in [-0.15, -0.1) is 11.3 Å². The molecule has 174 valence electrons. The maximum Gasteiger partial charge on any atom is 0.262 e. The molecule has 1 amide bonds. The highest BCUT2D eigenvalue weighted by atomic mass is 32.1. The van der Waals surface area contributed by atoms with Crippen LogP contribution in [0.15, 0.2) is 77.7 Å². The van der Waals surface area contributed by atoms with E-state index in [0.717, 1.165) is 22.4 Å². The molecule has 0 N–H and O–H groups in total. The van der Waals surface area contributed by atoms with Crippen LogP contribution >= 0.6 is 11.3 Å². The fourth-order valence-corrected chi connectivity index (χ4v) is 4.59. The normalized spacial score (nSPS) is 10.9. The van der Waals surface area contributed by atoms with Crippen molar-refractivity contribution in [3.8, 4) is 16.9 Å². The Morgan fingerprint density at radius 1 is 1.18 bits per heavy atom. The van der Waals surface area contributed by atoms with E-state index in [1.807, 2.05) is 60.8 Å². The highest BCUT2D eigenvalue weighted by molar-refractivity contribution is 7.17. The SMILES string of the molecule is C=CCOc1ccc(CN(C)C(=O)CCn2cnc3scc(-c4ccc(C)cc4)c3c2=O)cc1. The lowest BCUT2D eigenvalue weighted by molar-refractivity contribution is -0.130. The molecule has 7 heteroatoms. The van der Waals surface area contributed by atoms with Crippen molar-refractivity contribution in [2.24, 2.45) is 0 Å². The fraction of sp³-hybridized carbons (Fsp3) is 0.222. The Balaban J connectivity index is 1.43.